The summed E-state index contributed by atoms with van der Waals surface area (Å²) in [5.74, 6) is -0.580. The summed E-state index contributed by atoms with van der Waals surface area (Å²) in [7, 11) is 0. The van der Waals surface area contributed by atoms with Crippen LogP contribution >= 0.6 is 0 Å². The topological polar surface area (TPSA) is 119 Å². The second kappa shape index (κ2) is 7.78. The Balaban J connectivity index is 1.94. The van der Waals surface area contributed by atoms with Crippen LogP contribution in [0.15, 0.2) is 58.4 Å². The van der Waals surface area contributed by atoms with Crippen molar-refractivity contribution in [2.24, 2.45) is 5.10 Å². The first-order valence-electron chi connectivity index (χ1n) is 8.51. The number of rotatable bonds is 5. The van der Waals surface area contributed by atoms with Gasteiger partial charge in [-0.25, -0.2) is 10.1 Å². The Kier molecular flexibility index (Phi) is 5.25. The fourth-order valence-electron chi connectivity index (χ4n) is 2.71. The molecule has 28 heavy (non-hydrogen) atoms. The molecule has 2 aromatic carbocycles. The van der Waals surface area contributed by atoms with Gasteiger partial charge in [-0.15, -0.1) is 0 Å². The third-order valence-electron chi connectivity index (χ3n) is 4.18. The highest BCUT2D eigenvalue weighted by atomic mass is 16.6. The van der Waals surface area contributed by atoms with Crippen LogP contribution in [0.25, 0.3) is 10.8 Å². The lowest BCUT2D eigenvalue weighted by molar-refractivity contribution is -0.384. The molecule has 9 heteroatoms. The highest BCUT2D eigenvalue weighted by Crippen LogP contribution is 2.15. The van der Waals surface area contributed by atoms with E-state index < -0.39 is 10.8 Å². The summed E-state index contributed by atoms with van der Waals surface area (Å²) < 4.78 is 1.22. The summed E-state index contributed by atoms with van der Waals surface area (Å²) in [6.45, 7) is 3.70. The number of non-ortho nitro benzene ring substituents is 1. The largest absolute Gasteiger partial charge is 0.292 e. The SMILES string of the molecule is CCn1nc(C(=O)N/N=C(\C)c2cccc([N+](=O)[O-])c2)c2ccccc2c1=O. The normalized spacial score (nSPS) is 11.4. The van der Waals surface area contributed by atoms with Crippen molar-refractivity contribution in [1.29, 1.82) is 0 Å². The van der Waals surface area contributed by atoms with Crippen LogP contribution in [0.2, 0.25) is 0 Å². The second-order valence-corrected chi connectivity index (χ2v) is 5.96. The summed E-state index contributed by atoms with van der Waals surface area (Å²) >= 11 is 0. The number of nitro groups is 1. The molecule has 0 atom stereocenters. The van der Waals surface area contributed by atoms with E-state index in [0.29, 0.717) is 28.6 Å². The van der Waals surface area contributed by atoms with E-state index in [4.69, 9.17) is 0 Å². The highest BCUT2D eigenvalue weighted by molar-refractivity contribution is 6.06. The van der Waals surface area contributed by atoms with Crippen LogP contribution in [0, 0.1) is 10.1 Å². The Morgan fingerprint density at radius 1 is 1.21 bits per heavy atom. The van der Waals surface area contributed by atoms with Gasteiger partial charge in [-0.05, 0) is 19.9 Å². The Morgan fingerprint density at radius 3 is 2.61 bits per heavy atom. The molecule has 1 aromatic heterocycles. The molecule has 1 amide bonds. The standard InChI is InChI=1S/C19H17N5O4/c1-3-23-19(26)16-10-5-4-9-15(16)17(22-23)18(25)21-20-12(2)13-7-6-8-14(11-13)24(27)28/h4-11H,3H2,1-2H3,(H,21,25)/b20-12+. The number of nitro benzene ring substituents is 1. The van der Waals surface area contributed by atoms with Gasteiger partial charge in [0, 0.05) is 29.6 Å². The van der Waals surface area contributed by atoms with Crippen molar-refractivity contribution in [2.75, 3.05) is 0 Å². The Labute approximate surface area is 159 Å². The lowest BCUT2D eigenvalue weighted by Gasteiger charge is -2.09. The molecule has 0 saturated heterocycles. The minimum atomic E-state index is -0.580. The molecule has 0 unspecified atom stereocenters. The van der Waals surface area contributed by atoms with Crippen molar-refractivity contribution in [3.8, 4) is 0 Å². The Hall–Kier alpha value is -3.88. The zero-order valence-corrected chi connectivity index (χ0v) is 15.2. The van der Waals surface area contributed by atoms with Crippen LogP contribution in [0.4, 0.5) is 5.69 Å². The molecule has 1 N–H and O–H groups in total. The van der Waals surface area contributed by atoms with Crippen LogP contribution in [-0.2, 0) is 6.54 Å². The highest BCUT2D eigenvalue weighted by Gasteiger charge is 2.16. The van der Waals surface area contributed by atoms with E-state index in [0.717, 1.165) is 0 Å². The smallest absolute Gasteiger partial charge is 0.267 e. The number of amides is 1. The first-order valence-corrected chi connectivity index (χ1v) is 8.51. The summed E-state index contributed by atoms with van der Waals surface area (Å²) in [6, 6.07) is 12.7. The van der Waals surface area contributed by atoms with Gasteiger partial charge in [0.25, 0.3) is 17.2 Å². The monoisotopic (exact) mass is 379 g/mol. The number of nitrogens with one attached hydrogen (secondary N) is 1. The van der Waals surface area contributed by atoms with Crippen LogP contribution in [-0.4, -0.2) is 26.3 Å². The second-order valence-electron chi connectivity index (χ2n) is 5.96. The molecule has 0 aliphatic rings. The van der Waals surface area contributed by atoms with E-state index in [1.54, 1.807) is 50.2 Å². The first-order chi connectivity index (χ1) is 13.4. The van der Waals surface area contributed by atoms with Crippen LogP contribution in [0.5, 0.6) is 0 Å². The van der Waals surface area contributed by atoms with E-state index in [2.05, 4.69) is 15.6 Å². The van der Waals surface area contributed by atoms with Gasteiger partial charge in [0.15, 0.2) is 5.69 Å². The van der Waals surface area contributed by atoms with E-state index in [1.807, 2.05) is 0 Å². The van der Waals surface area contributed by atoms with Crippen molar-refractivity contribution >= 4 is 28.1 Å². The van der Waals surface area contributed by atoms with Gasteiger partial charge in [-0.2, -0.15) is 10.2 Å². The van der Waals surface area contributed by atoms with Crippen molar-refractivity contribution in [2.45, 2.75) is 20.4 Å². The maximum absolute atomic E-state index is 12.6. The third kappa shape index (κ3) is 3.63. The molecule has 0 saturated carbocycles. The number of aromatic nitrogens is 2. The minimum absolute atomic E-state index is 0.0685. The average molecular weight is 379 g/mol. The van der Waals surface area contributed by atoms with E-state index in [9.17, 15) is 19.7 Å². The molecule has 0 spiro atoms. The molecule has 0 radical (unpaired) electrons. The van der Waals surface area contributed by atoms with E-state index in [1.165, 1.54) is 16.8 Å². The first kappa shape index (κ1) is 18.9. The van der Waals surface area contributed by atoms with Crippen molar-refractivity contribution in [1.82, 2.24) is 15.2 Å². The van der Waals surface area contributed by atoms with Gasteiger partial charge in [-0.1, -0.05) is 30.3 Å². The molecule has 0 aliphatic heterocycles. The molecule has 1 heterocycles. The fourth-order valence-corrected chi connectivity index (χ4v) is 2.71. The van der Waals surface area contributed by atoms with Crippen molar-refractivity contribution in [3.05, 3.63) is 80.3 Å². The predicted molar refractivity (Wildman–Crippen MR) is 104 cm³/mol. The zero-order valence-electron chi connectivity index (χ0n) is 15.2. The van der Waals surface area contributed by atoms with Crippen LogP contribution in [0.3, 0.4) is 0 Å². The lowest BCUT2D eigenvalue weighted by Crippen LogP contribution is -2.28. The minimum Gasteiger partial charge on any atom is -0.267 e. The molecule has 0 fully saturated rings. The predicted octanol–water partition coefficient (Wildman–Crippen LogP) is 2.48. The average Bonchev–Trinajstić information content (AvgIpc) is 2.72. The molecule has 3 rings (SSSR count). The van der Waals surface area contributed by atoms with Crippen molar-refractivity contribution in [3.63, 3.8) is 0 Å². The zero-order chi connectivity index (χ0) is 20.3. The molecular weight excluding hydrogens is 362 g/mol. The van der Waals surface area contributed by atoms with Gasteiger partial charge in [-0.3, -0.25) is 19.7 Å². The Morgan fingerprint density at radius 2 is 1.93 bits per heavy atom. The number of hydrazone groups is 1. The number of fused-ring (bicyclic) bond motifs is 1. The van der Waals surface area contributed by atoms with Gasteiger partial charge in [0.2, 0.25) is 0 Å². The Bertz CT molecular complexity index is 1170. The number of hydrogen-bond donors (Lipinski definition) is 1. The van der Waals surface area contributed by atoms with Gasteiger partial charge in [0.1, 0.15) is 0 Å². The van der Waals surface area contributed by atoms with E-state index >= 15 is 0 Å². The van der Waals surface area contributed by atoms with Gasteiger partial charge >= 0.3 is 0 Å². The summed E-state index contributed by atoms with van der Waals surface area (Å²) in [6.07, 6.45) is 0. The molecule has 142 valence electrons. The quantitative estimate of drug-likeness (QED) is 0.415. The molecule has 9 nitrogen and oxygen atoms in total. The maximum atomic E-state index is 12.6. The number of nitrogens with zero attached hydrogens (tertiary/aromatic N) is 4. The lowest BCUT2D eigenvalue weighted by atomic mass is 10.1. The van der Waals surface area contributed by atoms with Gasteiger partial charge < -0.3 is 0 Å². The van der Waals surface area contributed by atoms with Crippen LogP contribution in [0.1, 0.15) is 29.9 Å². The summed E-state index contributed by atoms with van der Waals surface area (Å²) in [5, 5.41) is 19.9. The van der Waals surface area contributed by atoms with Crippen molar-refractivity contribution < 1.29 is 9.72 Å². The maximum Gasteiger partial charge on any atom is 0.292 e. The molecule has 0 bridgehead atoms. The number of carbonyl (C=O) groups excluding carboxylic acids is 1. The number of aryl methyl sites for hydroxylation is 1. The van der Waals surface area contributed by atoms with Gasteiger partial charge in [0.05, 0.1) is 16.0 Å². The number of carbonyl (C=O) groups is 1. The molecule has 0 aliphatic carbocycles. The summed E-state index contributed by atoms with van der Waals surface area (Å²) in [5.41, 5.74) is 3.04. The number of benzene rings is 2. The molecule has 3 aromatic rings. The van der Waals surface area contributed by atoms with E-state index in [-0.39, 0.29) is 16.9 Å². The van der Waals surface area contributed by atoms with Crippen LogP contribution < -0.4 is 11.0 Å². The third-order valence-corrected chi connectivity index (χ3v) is 4.18. The summed E-state index contributed by atoms with van der Waals surface area (Å²) in [4.78, 5) is 35.4. The molecular formula is C19H17N5O4. The number of hydrogen-bond acceptors (Lipinski definition) is 6. The fraction of sp³-hybridized carbons (Fsp3) is 0.158.